The van der Waals surface area contributed by atoms with E-state index < -0.39 is 0 Å². The van der Waals surface area contributed by atoms with Gasteiger partial charge in [-0.2, -0.15) is 0 Å². The summed E-state index contributed by atoms with van der Waals surface area (Å²) < 4.78 is 5.96. The van der Waals surface area contributed by atoms with Crippen molar-refractivity contribution in [1.29, 1.82) is 0 Å². The average molecular weight is 461 g/mol. The van der Waals surface area contributed by atoms with Crippen LogP contribution in [0.1, 0.15) is 43.5 Å². The summed E-state index contributed by atoms with van der Waals surface area (Å²) in [6.07, 6.45) is 2.81. The van der Waals surface area contributed by atoms with Crippen LogP contribution in [0.5, 0.6) is 5.75 Å². The van der Waals surface area contributed by atoms with E-state index in [9.17, 15) is 4.79 Å². The molecule has 0 atom stereocenters. The minimum absolute atomic E-state index is 0.291. The van der Waals surface area contributed by atoms with Crippen LogP contribution in [0.4, 0.5) is 11.6 Å². The van der Waals surface area contributed by atoms with Gasteiger partial charge in [0, 0.05) is 42.6 Å². The summed E-state index contributed by atoms with van der Waals surface area (Å²) in [6, 6.07) is 15.2. The van der Waals surface area contributed by atoms with Crippen LogP contribution in [0.25, 0.3) is 4.85 Å². The maximum absolute atomic E-state index is 11.5. The average Bonchev–Trinajstić information content (AvgIpc) is 2.83. The number of ketones is 1. The third-order valence-corrected chi connectivity index (χ3v) is 6.22. The second-order valence-corrected chi connectivity index (χ2v) is 9.06. The fraction of sp³-hybridized carbons (Fsp3) is 0.308. The first-order valence-electron chi connectivity index (χ1n) is 10.9. The SMILES string of the molecule is [C-]#[N+]c1cc(Cl)cc(C(C)(C)c2ccc(OCc3ccnc(N4CCC(=O)CC4)n3)cc2)c1. The first-order valence-corrected chi connectivity index (χ1v) is 11.2. The topological polar surface area (TPSA) is 59.7 Å². The molecule has 6 nitrogen and oxygen atoms in total. The summed E-state index contributed by atoms with van der Waals surface area (Å²) in [7, 11) is 0. The summed E-state index contributed by atoms with van der Waals surface area (Å²) in [6.45, 7) is 13.2. The molecule has 4 rings (SSSR count). The summed E-state index contributed by atoms with van der Waals surface area (Å²) >= 11 is 6.22. The molecule has 1 fully saturated rings. The van der Waals surface area contributed by atoms with Crippen molar-refractivity contribution in [2.24, 2.45) is 0 Å². The van der Waals surface area contributed by atoms with E-state index >= 15 is 0 Å². The first kappa shape index (κ1) is 22.8. The van der Waals surface area contributed by atoms with E-state index in [0.717, 1.165) is 22.6 Å². The number of nitrogens with zero attached hydrogens (tertiary/aromatic N) is 4. The third-order valence-electron chi connectivity index (χ3n) is 6.00. The predicted octanol–water partition coefficient (Wildman–Crippen LogP) is 5.75. The minimum atomic E-state index is -0.319. The Labute approximate surface area is 199 Å². The van der Waals surface area contributed by atoms with Crippen LogP contribution in [-0.4, -0.2) is 28.8 Å². The largest absolute Gasteiger partial charge is 0.487 e. The number of hydrogen-bond acceptors (Lipinski definition) is 5. The molecule has 2 aromatic carbocycles. The van der Waals surface area contributed by atoms with Crippen LogP contribution < -0.4 is 9.64 Å². The molecule has 0 radical (unpaired) electrons. The van der Waals surface area contributed by atoms with Crippen molar-refractivity contribution in [3.05, 3.63) is 88.0 Å². The van der Waals surface area contributed by atoms with Crippen LogP contribution in [0.15, 0.2) is 54.7 Å². The molecular formula is C26H25ClN4O2. The highest BCUT2D eigenvalue weighted by Crippen LogP contribution is 2.36. The summed E-state index contributed by atoms with van der Waals surface area (Å²) in [4.78, 5) is 26.0. The van der Waals surface area contributed by atoms with E-state index in [4.69, 9.17) is 22.9 Å². The van der Waals surface area contributed by atoms with Gasteiger partial charge in [0.1, 0.15) is 18.1 Å². The van der Waals surface area contributed by atoms with E-state index in [1.165, 1.54) is 0 Å². The zero-order valence-electron chi connectivity index (χ0n) is 18.7. The highest BCUT2D eigenvalue weighted by atomic mass is 35.5. The number of rotatable bonds is 6. The van der Waals surface area contributed by atoms with Gasteiger partial charge in [0.05, 0.1) is 12.3 Å². The van der Waals surface area contributed by atoms with Crippen molar-refractivity contribution < 1.29 is 9.53 Å². The number of aromatic nitrogens is 2. The van der Waals surface area contributed by atoms with Gasteiger partial charge in [0.15, 0.2) is 5.69 Å². The molecule has 0 unspecified atom stereocenters. The molecule has 3 aromatic rings. The van der Waals surface area contributed by atoms with Crippen LogP contribution in [-0.2, 0) is 16.8 Å². The Morgan fingerprint density at radius 2 is 1.82 bits per heavy atom. The van der Waals surface area contributed by atoms with Crippen molar-refractivity contribution in [3.8, 4) is 5.75 Å². The fourth-order valence-electron chi connectivity index (χ4n) is 3.86. The normalized spacial score (nSPS) is 14.1. The van der Waals surface area contributed by atoms with Gasteiger partial charge in [-0.25, -0.2) is 14.8 Å². The molecule has 0 N–H and O–H groups in total. The highest BCUT2D eigenvalue weighted by molar-refractivity contribution is 6.31. The Morgan fingerprint density at radius 3 is 2.52 bits per heavy atom. The number of halogens is 1. The van der Waals surface area contributed by atoms with Gasteiger partial charge in [0.25, 0.3) is 0 Å². The molecule has 0 aliphatic carbocycles. The second-order valence-electron chi connectivity index (χ2n) is 8.62. The lowest BCUT2D eigenvalue weighted by molar-refractivity contribution is -0.119. The van der Waals surface area contributed by atoms with Crippen molar-refractivity contribution in [1.82, 2.24) is 9.97 Å². The Bertz CT molecular complexity index is 1190. The Morgan fingerprint density at radius 1 is 1.09 bits per heavy atom. The van der Waals surface area contributed by atoms with E-state index in [0.29, 0.717) is 55.0 Å². The van der Waals surface area contributed by atoms with E-state index in [2.05, 4.69) is 28.7 Å². The number of ether oxygens (including phenoxy) is 1. The van der Waals surface area contributed by atoms with E-state index in [-0.39, 0.29) is 5.41 Å². The molecule has 33 heavy (non-hydrogen) atoms. The monoisotopic (exact) mass is 460 g/mol. The minimum Gasteiger partial charge on any atom is -0.487 e. The molecule has 168 valence electrons. The van der Waals surface area contributed by atoms with Crippen LogP contribution >= 0.6 is 11.6 Å². The lowest BCUT2D eigenvalue weighted by Gasteiger charge is -2.27. The molecule has 1 aliphatic rings. The van der Waals surface area contributed by atoms with Crippen LogP contribution in [0.2, 0.25) is 5.02 Å². The predicted molar refractivity (Wildman–Crippen MR) is 129 cm³/mol. The van der Waals surface area contributed by atoms with Crippen LogP contribution in [0.3, 0.4) is 0 Å². The molecular weight excluding hydrogens is 436 g/mol. The Hall–Kier alpha value is -3.43. The first-order chi connectivity index (χ1) is 15.8. The zero-order chi connectivity index (χ0) is 23.4. The second kappa shape index (κ2) is 9.60. The number of Topliss-reactive ketones (excluding diaryl/α,β-unsaturated/α-hetero) is 1. The lowest BCUT2D eigenvalue weighted by Crippen LogP contribution is -2.35. The quantitative estimate of drug-likeness (QED) is 0.438. The van der Waals surface area contributed by atoms with Gasteiger partial charge < -0.3 is 9.64 Å². The standard InChI is InChI=1S/C26H25ClN4O2/c1-26(2,19-14-20(27)16-22(15-19)28-3)18-4-6-24(7-5-18)33-17-21-8-11-29-25(30-21)31-12-9-23(32)10-13-31/h4-8,11,14-16H,9-10,12-13,17H2,1-2H3. The number of hydrogen-bond donors (Lipinski definition) is 0. The van der Waals surface area contributed by atoms with E-state index in [1.54, 1.807) is 12.3 Å². The van der Waals surface area contributed by atoms with Gasteiger partial charge in [-0.3, -0.25) is 4.79 Å². The maximum atomic E-state index is 11.5. The van der Waals surface area contributed by atoms with Gasteiger partial charge >= 0.3 is 0 Å². The van der Waals surface area contributed by atoms with Gasteiger partial charge in [-0.1, -0.05) is 43.6 Å². The summed E-state index contributed by atoms with van der Waals surface area (Å²) in [5, 5.41) is 0.562. The number of carbonyl (C=O) groups is 1. The molecule has 0 saturated carbocycles. The van der Waals surface area contributed by atoms with Gasteiger partial charge in [0.2, 0.25) is 5.95 Å². The number of anilines is 1. The van der Waals surface area contributed by atoms with Crippen molar-refractivity contribution in [3.63, 3.8) is 0 Å². The zero-order valence-corrected chi connectivity index (χ0v) is 19.5. The molecule has 1 aromatic heterocycles. The molecule has 0 amide bonds. The van der Waals surface area contributed by atoms with Gasteiger partial charge in [-0.05, 0) is 41.5 Å². The third kappa shape index (κ3) is 5.32. The Kier molecular flexibility index (Phi) is 6.62. The van der Waals surface area contributed by atoms with Gasteiger partial charge in [-0.15, -0.1) is 0 Å². The van der Waals surface area contributed by atoms with E-state index in [1.807, 2.05) is 47.4 Å². The molecule has 1 saturated heterocycles. The number of benzene rings is 2. The Balaban J connectivity index is 1.43. The number of carbonyl (C=O) groups excluding carboxylic acids is 1. The van der Waals surface area contributed by atoms with Crippen molar-refractivity contribution in [2.75, 3.05) is 18.0 Å². The molecule has 2 heterocycles. The summed E-state index contributed by atoms with van der Waals surface area (Å²) in [5.74, 6) is 1.67. The maximum Gasteiger partial charge on any atom is 0.225 e. The fourth-order valence-corrected chi connectivity index (χ4v) is 4.09. The number of piperidine rings is 1. The van der Waals surface area contributed by atoms with Crippen molar-refractivity contribution in [2.45, 2.75) is 38.7 Å². The smallest absolute Gasteiger partial charge is 0.225 e. The summed E-state index contributed by atoms with van der Waals surface area (Å²) in [5.41, 5.74) is 3.08. The lowest BCUT2D eigenvalue weighted by atomic mass is 9.78. The molecule has 0 spiro atoms. The molecule has 1 aliphatic heterocycles. The highest BCUT2D eigenvalue weighted by Gasteiger charge is 2.24. The van der Waals surface area contributed by atoms with Crippen LogP contribution in [0, 0.1) is 6.57 Å². The molecule has 7 heteroatoms. The van der Waals surface area contributed by atoms with Crippen molar-refractivity contribution >= 4 is 29.0 Å². The molecule has 0 bridgehead atoms.